The Morgan fingerprint density at radius 1 is 0.558 bits per heavy atom. The topological polar surface area (TPSA) is 176 Å². The first-order valence-electron chi connectivity index (χ1n) is 16.9. The van der Waals surface area contributed by atoms with Crippen LogP contribution < -0.4 is 18.9 Å². The molecule has 0 radical (unpaired) electrons. The normalized spacial score (nSPS) is 14.9. The quantitative estimate of drug-likeness (QED) is 0.0398. The molecule has 0 saturated heterocycles. The average molecular weight is 725 g/mol. The van der Waals surface area contributed by atoms with E-state index in [4.69, 9.17) is 37.9 Å². The second-order valence-electron chi connectivity index (χ2n) is 11.8. The van der Waals surface area contributed by atoms with E-state index in [2.05, 4.69) is 13.2 Å². The Kier molecular flexibility index (Phi) is 16.9. The first kappa shape index (κ1) is 40.8. The van der Waals surface area contributed by atoms with Crippen LogP contribution in [-0.4, -0.2) is 62.6 Å². The van der Waals surface area contributed by atoms with E-state index < -0.39 is 48.0 Å². The molecule has 2 aromatic carbocycles. The summed E-state index contributed by atoms with van der Waals surface area (Å²) in [7, 11) is 0. The number of esters is 4. The molecule has 280 valence electrons. The van der Waals surface area contributed by atoms with E-state index in [1.165, 1.54) is 24.3 Å². The van der Waals surface area contributed by atoms with Gasteiger partial charge in [-0.3, -0.25) is 9.59 Å². The number of hydrogen-bond acceptors (Lipinski definition) is 14. The molecule has 1 aliphatic carbocycles. The summed E-state index contributed by atoms with van der Waals surface area (Å²) >= 11 is 0. The summed E-state index contributed by atoms with van der Waals surface area (Å²) in [5.41, 5.74) is 1.15. The predicted octanol–water partition coefficient (Wildman–Crippen LogP) is 6.67. The van der Waals surface area contributed by atoms with Gasteiger partial charge in [0.05, 0.1) is 38.3 Å². The van der Waals surface area contributed by atoms with Gasteiger partial charge in [0.25, 0.3) is 0 Å². The third kappa shape index (κ3) is 14.3. The molecule has 0 aliphatic heterocycles. The van der Waals surface area contributed by atoms with Crippen molar-refractivity contribution in [2.24, 2.45) is 11.8 Å². The largest absolute Gasteiger partial charge is 0.513 e. The van der Waals surface area contributed by atoms with E-state index >= 15 is 0 Å². The fraction of sp³-hybridized carbons (Fsp3) is 0.421. The number of aryl methyl sites for hydroxylation is 2. The van der Waals surface area contributed by atoms with Gasteiger partial charge in [0.1, 0.15) is 23.0 Å². The van der Waals surface area contributed by atoms with Gasteiger partial charge in [0, 0.05) is 12.2 Å². The van der Waals surface area contributed by atoms with Gasteiger partial charge in [-0.25, -0.2) is 19.2 Å². The molecule has 1 fully saturated rings. The molecule has 52 heavy (non-hydrogen) atoms. The van der Waals surface area contributed by atoms with Gasteiger partial charge in [0.2, 0.25) is 0 Å². The predicted molar refractivity (Wildman–Crippen MR) is 184 cm³/mol. The van der Waals surface area contributed by atoms with Crippen LogP contribution in [0.4, 0.5) is 9.59 Å². The lowest BCUT2D eigenvalue weighted by Gasteiger charge is -2.26. The van der Waals surface area contributed by atoms with Gasteiger partial charge in [0.15, 0.2) is 0 Å². The molecule has 0 N–H and O–H groups in total. The molecule has 0 spiro atoms. The highest BCUT2D eigenvalue weighted by Crippen LogP contribution is 2.33. The Labute approximate surface area is 301 Å². The zero-order chi connectivity index (χ0) is 37.9. The molecule has 3 rings (SSSR count). The maximum absolute atomic E-state index is 12.9. The summed E-state index contributed by atoms with van der Waals surface area (Å²) in [5, 5.41) is 0. The fourth-order valence-corrected chi connectivity index (χ4v) is 4.98. The number of carbonyl (C=O) groups excluding carboxylic acids is 6. The van der Waals surface area contributed by atoms with Crippen LogP contribution in [0.3, 0.4) is 0 Å². The molecule has 0 heterocycles. The lowest BCUT2D eigenvalue weighted by Crippen LogP contribution is -2.30. The summed E-state index contributed by atoms with van der Waals surface area (Å²) in [6.07, 6.45) is 4.09. The Balaban J connectivity index is 1.36. The third-order valence-electron chi connectivity index (χ3n) is 7.85. The van der Waals surface area contributed by atoms with Gasteiger partial charge in [-0.2, -0.15) is 0 Å². The molecule has 0 atom stereocenters. The van der Waals surface area contributed by atoms with Crippen LogP contribution in [0.25, 0.3) is 0 Å². The zero-order valence-corrected chi connectivity index (χ0v) is 29.4. The van der Waals surface area contributed by atoms with Crippen LogP contribution in [0, 0.1) is 25.7 Å². The molecule has 0 aromatic heterocycles. The van der Waals surface area contributed by atoms with Gasteiger partial charge in [-0.1, -0.05) is 13.2 Å². The Morgan fingerprint density at radius 3 is 1.23 bits per heavy atom. The lowest BCUT2D eigenvalue weighted by molar-refractivity contribution is -0.145. The van der Waals surface area contributed by atoms with Crippen LogP contribution in [0.2, 0.25) is 0 Å². The van der Waals surface area contributed by atoms with Crippen molar-refractivity contribution in [3.63, 3.8) is 0 Å². The van der Waals surface area contributed by atoms with Crippen molar-refractivity contribution < 1.29 is 66.7 Å². The second kappa shape index (κ2) is 21.5. The number of rotatable bonds is 18. The van der Waals surface area contributed by atoms with Crippen LogP contribution >= 0.6 is 0 Å². The van der Waals surface area contributed by atoms with Gasteiger partial charge >= 0.3 is 36.2 Å². The van der Waals surface area contributed by atoms with E-state index in [1.54, 1.807) is 26.0 Å². The SMILES string of the molecule is C=CC(=O)OCCCCOC(=O)Oc1ccc(OC(=O)[C@H]2CC[C@H](C(=O)Oc3ccc(OC(=O)OCCCCOC(=O)C=C)cc3C)CC2)c(C)c1. The molecule has 14 heteroatoms. The minimum Gasteiger partial charge on any atom is -0.463 e. The van der Waals surface area contributed by atoms with E-state index in [0.717, 1.165) is 12.2 Å². The number of ether oxygens (including phenoxy) is 8. The van der Waals surface area contributed by atoms with Crippen molar-refractivity contribution in [1.82, 2.24) is 0 Å². The number of hydrogen-bond donors (Lipinski definition) is 0. The summed E-state index contributed by atoms with van der Waals surface area (Å²) < 4.78 is 41.4. The molecule has 1 aliphatic rings. The molecule has 2 aromatic rings. The average Bonchev–Trinajstić information content (AvgIpc) is 3.13. The van der Waals surface area contributed by atoms with Crippen molar-refractivity contribution in [2.45, 2.75) is 65.2 Å². The maximum atomic E-state index is 12.9. The number of benzene rings is 2. The molecule has 0 bridgehead atoms. The summed E-state index contributed by atoms with van der Waals surface area (Å²) in [6, 6.07) is 9.14. The molecule has 0 amide bonds. The Morgan fingerprint density at radius 2 is 0.904 bits per heavy atom. The molecule has 1 saturated carbocycles. The zero-order valence-electron chi connectivity index (χ0n) is 29.4. The van der Waals surface area contributed by atoms with E-state index in [1.807, 2.05) is 0 Å². The van der Waals surface area contributed by atoms with Gasteiger partial charge in [-0.05, 0) is 113 Å². The maximum Gasteiger partial charge on any atom is 0.513 e. The Hall–Kier alpha value is -5.66. The van der Waals surface area contributed by atoms with Crippen molar-refractivity contribution in [3.05, 3.63) is 72.8 Å². The van der Waals surface area contributed by atoms with Gasteiger partial charge in [-0.15, -0.1) is 0 Å². The molecule has 0 unspecified atom stereocenters. The number of carbonyl (C=O) groups is 6. The first-order chi connectivity index (χ1) is 25.0. The smallest absolute Gasteiger partial charge is 0.463 e. The molecule has 14 nitrogen and oxygen atoms in total. The van der Waals surface area contributed by atoms with E-state index in [-0.39, 0.29) is 37.9 Å². The fourth-order valence-electron chi connectivity index (χ4n) is 4.98. The highest BCUT2D eigenvalue weighted by Gasteiger charge is 2.32. The second-order valence-corrected chi connectivity index (χ2v) is 11.8. The summed E-state index contributed by atoms with van der Waals surface area (Å²) in [4.78, 5) is 71.9. The standard InChI is InChI=1S/C38H44O14/c1-5-33(39)45-19-7-9-21-47-37(43)49-29-15-17-31(25(3)23-29)51-35(41)27-11-13-28(14-12-27)36(42)52-32-18-16-30(24-26(32)4)50-38(44)48-22-10-8-20-46-34(40)6-2/h5-6,15-18,23-24,27-28H,1-2,7-14,19-22H2,3-4H3/t27-,28-. The monoisotopic (exact) mass is 724 g/mol. The molecular formula is C38H44O14. The minimum absolute atomic E-state index is 0.0869. The van der Waals surface area contributed by atoms with Gasteiger partial charge < -0.3 is 37.9 Å². The Bertz CT molecular complexity index is 1470. The number of unbranched alkanes of at least 4 members (excludes halogenated alkanes) is 2. The summed E-state index contributed by atoms with van der Waals surface area (Å²) in [5.74, 6) is -1.59. The minimum atomic E-state index is -0.892. The lowest BCUT2D eigenvalue weighted by atomic mass is 9.82. The van der Waals surface area contributed by atoms with Crippen molar-refractivity contribution in [1.29, 1.82) is 0 Å². The van der Waals surface area contributed by atoms with Crippen molar-refractivity contribution >= 4 is 36.2 Å². The van der Waals surface area contributed by atoms with Crippen molar-refractivity contribution in [3.8, 4) is 23.0 Å². The highest BCUT2D eigenvalue weighted by atomic mass is 16.7. The van der Waals surface area contributed by atoms with Crippen LogP contribution in [0.1, 0.15) is 62.5 Å². The summed E-state index contributed by atoms with van der Waals surface area (Å²) in [6.45, 7) is 10.6. The highest BCUT2D eigenvalue weighted by molar-refractivity contribution is 5.81. The first-order valence-corrected chi connectivity index (χ1v) is 16.9. The van der Waals surface area contributed by atoms with Crippen molar-refractivity contribution in [2.75, 3.05) is 26.4 Å². The third-order valence-corrected chi connectivity index (χ3v) is 7.85. The van der Waals surface area contributed by atoms with E-state index in [0.29, 0.717) is 74.0 Å². The van der Waals surface area contributed by atoms with Crippen LogP contribution in [0.15, 0.2) is 61.7 Å². The molecular weight excluding hydrogens is 680 g/mol. The van der Waals surface area contributed by atoms with E-state index in [9.17, 15) is 28.8 Å². The van der Waals surface area contributed by atoms with Crippen LogP contribution in [0.5, 0.6) is 23.0 Å². The van der Waals surface area contributed by atoms with Crippen LogP contribution in [-0.2, 0) is 38.1 Å².